The summed E-state index contributed by atoms with van der Waals surface area (Å²) in [4.78, 5) is 19.4. The molecule has 1 aliphatic carbocycles. The van der Waals surface area contributed by atoms with E-state index in [0.29, 0.717) is 30.1 Å². The fraction of sp³-hybridized carbons (Fsp3) is 0.524. The SMILES string of the molecule is Cc1cc(C2CCCCCN2C(=O)c2cc3nc(C4CC4)cc(C(F)(F)F)n3n2)on1. The normalized spacial score (nSPS) is 20.3. The molecule has 31 heavy (non-hydrogen) atoms. The summed E-state index contributed by atoms with van der Waals surface area (Å²) >= 11 is 0. The van der Waals surface area contributed by atoms with Gasteiger partial charge < -0.3 is 9.42 Å². The van der Waals surface area contributed by atoms with E-state index in [2.05, 4.69) is 15.2 Å². The third-order valence-corrected chi connectivity index (χ3v) is 5.94. The molecule has 1 saturated carbocycles. The molecule has 0 N–H and O–H groups in total. The number of likely N-dealkylation sites (tertiary alicyclic amines) is 1. The number of aromatic nitrogens is 4. The third-order valence-electron chi connectivity index (χ3n) is 5.94. The van der Waals surface area contributed by atoms with Crippen molar-refractivity contribution in [2.75, 3.05) is 6.54 Å². The Hall–Kier alpha value is -2.91. The first-order valence-electron chi connectivity index (χ1n) is 10.5. The molecule has 0 bridgehead atoms. The Bertz CT molecular complexity index is 1130. The van der Waals surface area contributed by atoms with E-state index in [1.807, 2.05) is 0 Å². The minimum atomic E-state index is -4.60. The van der Waals surface area contributed by atoms with Crippen molar-refractivity contribution in [3.05, 3.63) is 46.7 Å². The quantitative estimate of drug-likeness (QED) is 0.600. The van der Waals surface area contributed by atoms with Gasteiger partial charge in [-0.1, -0.05) is 18.0 Å². The van der Waals surface area contributed by atoms with Crippen molar-refractivity contribution in [2.24, 2.45) is 0 Å². The maximum Gasteiger partial charge on any atom is 0.433 e. The number of nitrogens with zero attached hydrogens (tertiary/aromatic N) is 5. The van der Waals surface area contributed by atoms with Crippen LogP contribution in [0.25, 0.3) is 5.65 Å². The lowest BCUT2D eigenvalue weighted by molar-refractivity contribution is -0.142. The maximum absolute atomic E-state index is 13.7. The van der Waals surface area contributed by atoms with Crippen LogP contribution < -0.4 is 0 Å². The smallest absolute Gasteiger partial charge is 0.359 e. The zero-order chi connectivity index (χ0) is 21.8. The molecule has 5 rings (SSSR count). The van der Waals surface area contributed by atoms with Gasteiger partial charge in [0.2, 0.25) is 0 Å². The van der Waals surface area contributed by atoms with Crippen molar-refractivity contribution in [2.45, 2.75) is 63.6 Å². The van der Waals surface area contributed by atoms with Crippen LogP contribution in [-0.4, -0.2) is 37.1 Å². The van der Waals surface area contributed by atoms with E-state index >= 15 is 0 Å². The van der Waals surface area contributed by atoms with Crippen LogP contribution in [0.1, 0.15) is 83.8 Å². The molecule has 1 unspecified atom stereocenters. The van der Waals surface area contributed by atoms with Gasteiger partial charge in [-0.25, -0.2) is 9.50 Å². The summed E-state index contributed by atoms with van der Waals surface area (Å²) in [5.41, 5.74) is 0.210. The summed E-state index contributed by atoms with van der Waals surface area (Å²) < 4.78 is 47.2. The predicted molar refractivity (Wildman–Crippen MR) is 103 cm³/mol. The lowest BCUT2D eigenvalue weighted by Crippen LogP contribution is -2.35. The molecule has 0 aromatic carbocycles. The van der Waals surface area contributed by atoms with Gasteiger partial charge in [0.25, 0.3) is 5.91 Å². The average Bonchev–Trinajstić information content (AvgIpc) is 3.42. The van der Waals surface area contributed by atoms with E-state index in [0.717, 1.165) is 42.7 Å². The van der Waals surface area contributed by atoms with Crippen molar-refractivity contribution in [1.29, 1.82) is 0 Å². The van der Waals surface area contributed by atoms with Crippen LogP contribution in [0, 0.1) is 6.92 Å². The van der Waals surface area contributed by atoms with Crippen molar-refractivity contribution in [3.63, 3.8) is 0 Å². The summed E-state index contributed by atoms with van der Waals surface area (Å²) in [6.45, 7) is 2.28. The fourth-order valence-corrected chi connectivity index (χ4v) is 4.22. The predicted octanol–water partition coefficient (Wildman–Crippen LogP) is 4.68. The van der Waals surface area contributed by atoms with Crippen LogP contribution in [0.3, 0.4) is 0 Å². The number of carbonyl (C=O) groups excluding carboxylic acids is 1. The number of hydrogen-bond acceptors (Lipinski definition) is 5. The second kappa shape index (κ2) is 7.35. The Morgan fingerprint density at radius 2 is 1.94 bits per heavy atom. The highest BCUT2D eigenvalue weighted by atomic mass is 19.4. The Kier molecular flexibility index (Phi) is 4.75. The minimum Gasteiger partial charge on any atom is -0.359 e. The standard InChI is InChI=1S/C21H22F3N5O2/c1-12-9-17(31-27-12)16-5-3-2-4-8-28(16)20(30)15-11-19-25-14(13-6-7-13)10-18(21(22,23)24)29(19)26-15/h9-11,13,16H,2-8H2,1H3. The van der Waals surface area contributed by atoms with Crippen LogP contribution in [-0.2, 0) is 6.18 Å². The highest BCUT2D eigenvalue weighted by Gasteiger charge is 2.38. The second-order valence-electron chi connectivity index (χ2n) is 8.37. The Morgan fingerprint density at radius 3 is 2.61 bits per heavy atom. The van der Waals surface area contributed by atoms with Gasteiger partial charge in [-0.05, 0) is 38.7 Å². The van der Waals surface area contributed by atoms with E-state index in [1.165, 1.54) is 6.07 Å². The van der Waals surface area contributed by atoms with Crippen LogP contribution in [0.15, 0.2) is 22.7 Å². The van der Waals surface area contributed by atoms with E-state index in [4.69, 9.17) is 4.52 Å². The zero-order valence-electron chi connectivity index (χ0n) is 17.0. The van der Waals surface area contributed by atoms with Gasteiger partial charge in [-0.2, -0.15) is 18.3 Å². The number of amides is 1. The molecular formula is C21H22F3N5O2. The Balaban J connectivity index is 1.55. The molecule has 0 spiro atoms. The van der Waals surface area contributed by atoms with Crippen molar-refractivity contribution < 1.29 is 22.5 Å². The number of carbonyl (C=O) groups is 1. The van der Waals surface area contributed by atoms with Crippen LogP contribution in [0.4, 0.5) is 13.2 Å². The summed E-state index contributed by atoms with van der Waals surface area (Å²) in [6, 6.07) is 3.89. The summed E-state index contributed by atoms with van der Waals surface area (Å²) in [6.07, 6.45) is 0.442. The van der Waals surface area contributed by atoms with Gasteiger partial charge in [-0.15, -0.1) is 0 Å². The minimum absolute atomic E-state index is 0.0435. The molecule has 1 atom stereocenters. The lowest BCUT2D eigenvalue weighted by Gasteiger charge is -2.27. The highest BCUT2D eigenvalue weighted by molar-refractivity contribution is 5.93. The molecule has 4 heterocycles. The van der Waals surface area contributed by atoms with Crippen molar-refractivity contribution >= 4 is 11.6 Å². The van der Waals surface area contributed by atoms with E-state index in [9.17, 15) is 18.0 Å². The van der Waals surface area contributed by atoms with Crippen LogP contribution in [0.5, 0.6) is 0 Å². The average molecular weight is 433 g/mol. The lowest BCUT2D eigenvalue weighted by atomic mass is 10.1. The number of halogens is 3. The number of aryl methyl sites for hydroxylation is 1. The largest absolute Gasteiger partial charge is 0.433 e. The van der Waals surface area contributed by atoms with Crippen LogP contribution >= 0.6 is 0 Å². The molecule has 3 aromatic heterocycles. The second-order valence-corrected chi connectivity index (χ2v) is 8.37. The molecule has 1 aliphatic heterocycles. The number of hydrogen-bond donors (Lipinski definition) is 0. The molecule has 10 heteroatoms. The summed E-state index contributed by atoms with van der Waals surface area (Å²) in [7, 11) is 0. The zero-order valence-corrected chi connectivity index (χ0v) is 17.0. The monoisotopic (exact) mass is 433 g/mol. The van der Waals surface area contributed by atoms with E-state index in [1.54, 1.807) is 17.9 Å². The number of fused-ring (bicyclic) bond motifs is 1. The first-order chi connectivity index (χ1) is 14.8. The molecule has 1 saturated heterocycles. The Morgan fingerprint density at radius 1 is 1.13 bits per heavy atom. The van der Waals surface area contributed by atoms with E-state index < -0.39 is 17.8 Å². The molecule has 164 valence electrons. The van der Waals surface area contributed by atoms with Crippen molar-refractivity contribution in [3.8, 4) is 0 Å². The van der Waals surface area contributed by atoms with Gasteiger partial charge in [-0.3, -0.25) is 4.79 Å². The molecule has 3 aromatic rings. The molecule has 7 nitrogen and oxygen atoms in total. The van der Waals surface area contributed by atoms with Gasteiger partial charge in [0.05, 0.1) is 11.7 Å². The van der Waals surface area contributed by atoms with Gasteiger partial charge in [0.15, 0.2) is 17.1 Å². The molecular weight excluding hydrogens is 411 g/mol. The van der Waals surface area contributed by atoms with Gasteiger partial charge in [0.1, 0.15) is 5.69 Å². The fourth-order valence-electron chi connectivity index (χ4n) is 4.22. The highest BCUT2D eigenvalue weighted by Crippen LogP contribution is 2.41. The molecule has 1 amide bonds. The Labute approximate surface area is 176 Å². The van der Waals surface area contributed by atoms with E-state index in [-0.39, 0.29) is 23.3 Å². The summed E-state index contributed by atoms with van der Waals surface area (Å²) in [5.74, 6) is 0.207. The summed E-state index contributed by atoms with van der Waals surface area (Å²) in [5, 5.41) is 7.96. The van der Waals surface area contributed by atoms with Gasteiger partial charge >= 0.3 is 6.18 Å². The van der Waals surface area contributed by atoms with Gasteiger partial charge in [0, 0.05) is 30.3 Å². The molecule has 2 fully saturated rings. The molecule has 0 radical (unpaired) electrons. The number of alkyl halides is 3. The first-order valence-corrected chi connectivity index (χ1v) is 10.5. The maximum atomic E-state index is 13.7. The third kappa shape index (κ3) is 3.79. The topological polar surface area (TPSA) is 76.5 Å². The molecule has 2 aliphatic rings. The first kappa shape index (κ1) is 20.0. The van der Waals surface area contributed by atoms with Crippen molar-refractivity contribution in [1.82, 2.24) is 24.7 Å². The number of rotatable bonds is 3. The van der Waals surface area contributed by atoms with Crippen LogP contribution in [0.2, 0.25) is 0 Å².